The molecule has 0 heterocycles. The normalized spacial score (nSPS) is 16.3. The molecule has 0 atom stereocenters. The van der Waals surface area contributed by atoms with Crippen molar-refractivity contribution in [2.24, 2.45) is 0 Å². The molecule has 0 unspecified atom stereocenters. The molecule has 1 aliphatic carbocycles. The van der Waals surface area contributed by atoms with E-state index in [2.05, 4.69) is 5.32 Å². The third-order valence-corrected chi connectivity index (χ3v) is 5.96. The van der Waals surface area contributed by atoms with Crippen LogP contribution in [0.1, 0.15) is 49.7 Å². The number of hydrogen-bond acceptors (Lipinski definition) is 3. The second kappa shape index (κ2) is 8.41. The fourth-order valence-electron chi connectivity index (χ4n) is 3.41. The van der Waals surface area contributed by atoms with Crippen molar-refractivity contribution in [1.82, 2.24) is 5.32 Å². The Labute approximate surface area is 155 Å². The maximum absolute atomic E-state index is 12.5. The fraction of sp³-hybridized carbons (Fsp3) is 0.611. The Bertz CT molecular complexity index is 703. The number of carbonyl (C=O) groups excluding carboxylic acids is 1. The van der Waals surface area contributed by atoms with Crippen molar-refractivity contribution in [3.63, 3.8) is 0 Å². The van der Waals surface area contributed by atoms with Gasteiger partial charge in [0, 0.05) is 6.04 Å². The Morgan fingerprint density at radius 2 is 1.80 bits per heavy atom. The predicted molar refractivity (Wildman–Crippen MR) is 103 cm³/mol. The zero-order valence-electron chi connectivity index (χ0n) is 15.1. The van der Waals surface area contributed by atoms with E-state index in [4.69, 9.17) is 11.6 Å². The lowest BCUT2D eigenvalue weighted by atomic mass is 10.1. The van der Waals surface area contributed by atoms with Crippen LogP contribution in [0.2, 0.25) is 5.02 Å². The zero-order valence-corrected chi connectivity index (χ0v) is 16.7. The standard InChI is InChI=1S/C18H27ClN2O3S/c1-13-10-14(2)18(16(19)11-13)21(25(3,23)24)12-17(22)20-15-8-6-4-5-7-9-15/h10-11,15H,4-9,12H2,1-3H3,(H,20,22). The summed E-state index contributed by atoms with van der Waals surface area (Å²) in [5.74, 6) is -0.284. The van der Waals surface area contributed by atoms with E-state index in [9.17, 15) is 13.2 Å². The maximum Gasteiger partial charge on any atom is 0.240 e. The second-order valence-electron chi connectivity index (χ2n) is 6.94. The molecule has 7 heteroatoms. The largest absolute Gasteiger partial charge is 0.352 e. The molecule has 1 amide bonds. The molecule has 25 heavy (non-hydrogen) atoms. The molecular weight excluding hydrogens is 360 g/mol. The van der Waals surface area contributed by atoms with Gasteiger partial charge in [0.15, 0.2) is 0 Å². The summed E-state index contributed by atoms with van der Waals surface area (Å²) in [6.07, 6.45) is 7.60. The first-order valence-electron chi connectivity index (χ1n) is 8.72. The van der Waals surface area contributed by atoms with Gasteiger partial charge in [-0.3, -0.25) is 9.10 Å². The molecule has 5 nitrogen and oxygen atoms in total. The van der Waals surface area contributed by atoms with E-state index < -0.39 is 10.0 Å². The molecule has 1 saturated carbocycles. The van der Waals surface area contributed by atoms with Crippen LogP contribution < -0.4 is 9.62 Å². The van der Waals surface area contributed by atoms with Gasteiger partial charge in [-0.05, 0) is 43.9 Å². The SMILES string of the molecule is Cc1cc(C)c(N(CC(=O)NC2CCCCCC2)S(C)(=O)=O)c(Cl)c1. The highest BCUT2D eigenvalue weighted by atomic mass is 35.5. The third-order valence-electron chi connectivity index (χ3n) is 4.56. The molecule has 2 rings (SSSR count). The summed E-state index contributed by atoms with van der Waals surface area (Å²) in [6.45, 7) is 3.45. The molecule has 1 N–H and O–H groups in total. The van der Waals surface area contributed by atoms with Crippen LogP contribution in [0.3, 0.4) is 0 Å². The quantitative estimate of drug-likeness (QED) is 0.786. The molecule has 0 radical (unpaired) electrons. The van der Waals surface area contributed by atoms with Crippen LogP contribution in [0.5, 0.6) is 0 Å². The van der Waals surface area contributed by atoms with Gasteiger partial charge < -0.3 is 5.32 Å². The highest BCUT2D eigenvalue weighted by Gasteiger charge is 2.26. The van der Waals surface area contributed by atoms with Crippen molar-refractivity contribution in [3.8, 4) is 0 Å². The lowest BCUT2D eigenvalue weighted by molar-refractivity contribution is -0.120. The number of benzene rings is 1. The number of amides is 1. The molecular formula is C18H27ClN2O3S. The Kier molecular flexibility index (Phi) is 6.74. The molecule has 0 aromatic heterocycles. The average molecular weight is 387 g/mol. The average Bonchev–Trinajstić information content (AvgIpc) is 2.72. The summed E-state index contributed by atoms with van der Waals surface area (Å²) in [4.78, 5) is 12.5. The van der Waals surface area contributed by atoms with E-state index in [0.29, 0.717) is 10.7 Å². The van der Waals surface area contributed by atoms with Crippen molar-refractivity contribution in [2.75, 3.05) is 17.1 Å². The minimum atomic E-state index is -3.63. The first-order valence-corrected chi connectivity index (χ1v) is 10.9. The number of nitrogens with one attached hydrogen (secondary N) is 1. The third kappa shape index (κ3) is 5.61. The van der Waals surface area contributed by atoms with E-state index in [1.165, 1.54) is 12.8 Å². The molecule has 1 fully saturated rings. The summed E-state index contributed by atoms with van der Waals surface area (Å²) in [5, 5.41) is 3.33. The lowest BCUT2D eigenvalue weighted by Crippen LogP contribution is -2.44. The van der Waals surface area contributed by atoms with Crippen molar-refractivity contribution >= 4 is 33.2 Å². The summed E-state index contributed by atoms with van der Waals surface area (Å²) in [6, 6.07) is 3.71. The van der Waals surface area contributed by atoms with E-state index in [1.54, 1.807) is 13.0 Å². The maximum atomic E-state index is 12.5. The first kappa shape index (κ1) is 20.0. The van der Waals surface area contributed by atoms with Gasteiger partial charge in [0.2, 0.25) is 15.9 Å². The van der Waals surface area contributed by atoms with Crippen molar-refractivity contribution in [1.29, 1.82) is 0 Å². The molecule has 0 bridgehead atoms. The topological polar surface area (TPSA) is 66.5 Å². The second-order valence-corrected chi connectivity index (χ2v) is 9.25. The van der Waals surface area contributed by atoms with E-state index >= 15 is 0 Å². The molecule has 0 spiro atoms. The minimum Gasteiger partial charge on any atom is -0.352 e. The van der Waals surface area contributed by atoms with Crippen LogP contribution in [0.4, 0.5) is 5.69 Å². The number of nitrogens with zero attached hydrogens (tertiary/aromatic N) is 1. The Morgan fingerprint density at radius 1 is 1.20 bits per heavy atom. The number of aryl methyl sites for hydroxylation is 2. The fourth-order valence-corrected chi connectivity index (χ4v) is 4.81. The van der Waals surface area contributed by atoms with Gasteiger partial charge in [-0.2, -0.15) is 0 Å². The minimum absolute atomic E-state index is 0.131. The van der Waals surface area contributed by atoms with E-state index in [0.717, 1.165) is 47.4 Å². The van der Waals surface area contributed by atoms with Crippen molar-refractivity contribution in [2.45, 2.75) is 58.4 Å². The Balaban J connectivity index is 2.20. The number of sulfonamides is 1. The van der Waals surface area contributed by atoms with E-state index in [1.807, 2.05) is 13.0 Å². The van der Waals surface area contributed by atoms with Gasteiger partial charge in [0.1, 0.15) is 6.54 Å². The van der Waals surface area contributed by atoms with Gasteiger partial charge in [0.05, 0.1) is 17.0 Å². The summed E-state index contributed by atoms with van der Waals surface area (Å²) < 4.78 is 25.7. The van der Waals surface area contributed by atoms with Crippen LogP contribution in [0, 0.1) is 13.8 Å². The Hall–Kier alpha value is -1.27. The zero-order chi connectivity index (χ0) is 18.6. The van der Waals surface area contributed by atoms with Crippen LogP contribution in [-0.2, 0) is 14.8 Å². The smallest absolute Gasteiger partial charge is 0.240 e. The lowest BCUT2D eigenvalue weighted by Gasteiger charge is -2.26. The molecule has 140 valence electrons. The van der Waals surface area contributed by atoms with Crippen LogP contribution >= 0.6 is 11.6 Å². The van der Waals surface area contributed by atoms with E-state index in [-0.39, 0.29) is 18.5 Å². The van der Waals surface area contributed by atoms with Gasteiger partial charge in [-0.25, -0.2) is 8.42 Å². The van der Waals surface area contributed by atoms with Crippen LogP contribution in [-0.4, -0.2) is 33.2 Å². The number of hydrogen-bond donors (Lipinski definition) is 1. The summed E-state index contributed by atoms with van der Waals surface area (Å²) in [7, 11) is -3.63. The molecule has 1 aromatic rings. The molecule has 0 saturated heterocycles. The summed E-state index contributed by atoms with van der Waals surface area (Å²) in [5.41, 5.74) is 2.06. The molecule has 0 aliphatic heterocycles. The number of anilines is 1. The number of rotatable bonds is 5. The Morgan fingerprint density at radius 3 is 2.32 bits per heavy atom. The van der Waals surface area contributed by atoms with Gasteiger partial charge in [0.25, 0.3) is 0 Å². The molecule has 1 aromatic carbocycles. The van der Waals surface area contributed by atoms with Gasteiger partial charge in [-0.15, -0.1) is 0 Å². The van der Waals surface area contributed by atoms with Crippen LogP contribution in [0.15, 0.2) is 12.1 Å². The summed E-state index contributed by atoms with van der Waals surface area (Å²) >= 11 is 6.29. The highest BCUT2D eigenvalue weighted by molar-refractivity contribution is 7.92. The number of halogens is 1. The first-order chi connectivity index (χ1) is 11.7. The van der Waals surface area contributed by atoms with Gasteiger partial charge in [-0.1, -0.05) is 43.4 Å². The van der Waals surface area contributed by atoms with Crippen molar-refractivity contribution in [3.05, 3.63) is 28.3 Å². The van der Waals surface area contributed by atoms with Crippen LogP contribution in [0.25, 0.3) is 0 Å². The number of carbonyl (C=O) groups is 1. The van der Waals surface area contributed by atoms with Crippen molar-refractivity contribution < 1.29 is 13.2 Å². The van der Waals surface area contributed by atoms with Gasteiger partial charge >= 0.3 is 0 Å². The molecule has 1 aliphatic rings. The predicted octanol–water partition coefficient (Wildman–Crippen LogP) is 3.56. The highest BCUT2D eigenvalue weighted by Crippen LogP contribution is 2.32. The monoisotopic (exact) mass is 386 g/mol.